The molecular formula is C13H16ClNO2S. The van der Waals surface area contributed by atoms with Crippen LogP contribution in [0.5, 0.6) is 0 Å². The molecule has 1 fully saturated rings. The third kappa shape index (κ3) is 3.18. The molecule has 98 valence electrons. The molecule has 0 spiro atoms. The van der Waals surface area contributed by atoms with E-state index < -0.39 is 5.97 Å². The molecule has 2 atom stereocenters. The average Bonchev–Trinajstić information content (AvgIpc) is 2.31. The van der Waals surface area contributed by atoms with Crippen molar-refractivity contribution in [1.82, 2.24) is 4.98 Å². The Bertz CT molecular complexity index is 453. The first-order valence-corrected chi connectivity index (χ1v) is 7.38. The lowest BCUT2D eigenvalue weighted by Crippen LogP contribution is -2.15. The van der Waals surface area contributed by atoms with Gasteiger partial charge in [0.25, 0.3) is 0 Å². The summed E-state index contributed by atoms with van der Waals surface area (Å²) >= 11 is 7.72. The van der Waals surface area contributed by atoms with Gasteiger partial charge in [0.05, 0.1) is 10.6 Å². The van der Waals surface area contributed by atoms with Crippen molar-refractivity contribution in [3.05, 3.63) is 22.8 Å². The third-order valence-corrected chi connectivity index (χ3v) is 5.04. The number of rotatable bonds is 3. The van der Waals surface area contributed by atoms with Gasteiger partial charge >= 0.3 is 5.97 Å². The van der Waals surface area contributed by atoms with E-state index in [1.54, 1.807) is 11.8 Å². The number of carboxylic acids is 1. The van der Waals surface area contributed by atoms with Crippen LogP contribution in [-0.4, -0.2) is 21.3 Å². The van der Waals surface area contributed by atoms with Crippen LogP contribution in [0.25, 0.3) is 0 Å². The molecule has 0 amide bonds. The minimum atomic E-state index is -0.999. The predicted octanol–water partition coefficient (Wildman–Crippen LogP) is 4.10. The van der Waals surface area contributed by atoms with Crippen LogP contribution in [0.2, 0.25) is 5.02 Å². The number of carbonyl (C=O) groups is 1. The molecule has 1 aromatic rings. The van der Waals surface area contributed by atoms with Crippen LogP contribution in [0.3, 0.4) is 0 Å². The average molecular weight is 286 g/mol. The maximum absolute atomic E-state index is 11.0. The zero-order chi connectivity index (χ0) is 13.1. The molecule has 1 N–H and O–H groups in total. The van der Waals surface area contributed by atoms with Gasteiger partial charge < -0.3 is 5.11 Å². The summed E-state index contributed by atoms with van der Waals surface area (Å²) in [5, 5.41) is 10.4. The monoisotopic (exact) mass is 285 g/mol. The lowest BCUT2D eigenvalue weighted by Gasteiger charge is -2.26. The standard InChI is InChI=1S/C13H16ClNO2S/c1-8-3-2-4-9(7-8)18-12-11(14)10(13(16)17)5-6-15-12/h5-6,8-9H,2-4,7H2,1H3,(H,16,17). The van der Waals surface area contributed by atoms with Crippen molar-refractivity contribution in [3.8, 4) is 0 Å². The Morgan fingerprint density at radius 3 is 3.00 bits per heavy atom. The molecule has 1 aliphatic carbocycles. The van der Waals surface area contributed by atoms with Crippen molar-refractivity contribution in [2.24, 2.45) is 5.92 Å². The maximum Gasteiger partial charge on any atom is 0.337 e. The molecule has 2 rings (SSSR count). The number of aromatic carboxylic acids is 1. The number of aromatic nitrogens is 1. The van der Waals surface area contributed by atoms with Gasteiger partial charge in [-0.05, 0) is 24.8 Å². The fraction of sp³-hybridized carbons (Fsp3) is 0.538. The second-order valence-corrected chi connectivity index (χ2v) is 6.46. The fourth-order valence-electron chi connectivity index (χ4n) is 2.32. The van der Waals surface area contributed by atoms with E-state index in [0.29, 0.717) is 10.3 Å². The van der Waals surface area contributed by atoms with Crippen molar-refractivity contribution in [2.75, 3.05) is 0 Å². The molecule has 2 unspecified atom stereocenters. The van der Waals surface area contributed by atoms with Crippen LogP contribution in [0.4, 0.5) is 0 Å². The van der Waals surface area contributed by atoms with Gasteiger partial charge in [-0.1, -0.05) is 31.4 Å². The van der Waals surface area contributed by atoms with Crippen molar-refractivity contribution in [2.45, 2.75) is 42.9 Å². The number of pyridine rings is 1. The van der Waals surface area contributed by atoms with Crippen LogP contribution in [0, 0.1) is 5.92 Å². The minimum absolute atomic E-state index is 0.137. The molecule has 1 aliphatic rings. The van der Waals surface area contributed by atoms with Crippen LogP contribution < -0.4 is 0 Å². The van der Waals surface area contributed by atoms with Crippen molar-refractivity contribution < 1.29 is 9.90 Å². The third-order valence-electron chi connectivity index (χ3n) is 3.25. The number of thioether (sulfide) groups is 1. The summed E-state index contributed by atoms with van der Waals surface area (Å²) in [6.45, 7) is 2.26. The van der Waals surface area contributed by atoms with Gasteiger partial charge in [0.15, 0.2) is 0 Å². The predicted molar refractivity (Wildman–Crippen MR) is 73.5 cm³/mol. The Kier molecular flexibility index (Phi) is 4.51. The highest BCUT2D eigenvalue weighted by Crippen LogP contribution is 2.38. The van der Waals surface area contributed by atoms with E-state index in [2.05, 4.69) is 11.9 Å². The van der Waals surface area contributed by atoms with Gasteiger partial charge in [-0.3, -0.25) is 0 Å². The van der Waals surface area contributed by atoms with Gasteiger partial charge in [0, 0.05) is 11.4 Å². The van der Waals surface area contributed by atoms with Crippen LogP contribution in [-0.2, 0) is 0 Å². The zero-order valence-corrected chi connectivity index (χ0v) is 11.8. The first kappa shape index (κ1) is 13.7. The highest BCUT2D eigenvalue weighted by atomic mass is 35.5. The Morgan fingerprint density at radius 1 is 1.56 bits per heavy atom. The first-order valence-electron chi connectivity index (χ1n) is 6.12. The van der Waals surface area contributed by atoms with Gasteiger partial charge in [0.2, 0.25) is 0 Å². The van der Waals surface area contributed by atoms with E-state index in [0.717, 1.165) is 18.8 Å². The molecule has 0 aromatic carbocycles. The normalized spacial score (nSPS) is 23.9. The molecule has 0 aliphatic heterocycles. The fourth-order valence-corrected chi connectivity index (χ4v) is 4.00. The van der Waals surface area contributed by atoms with E-state index in [-0.39, 0.29) is 10.6 Å². The van der Waals surface area contributed by atoms with Gasteiger partial charge in [0.1, 0.15) is 5.03 Å². The van der Waals surface area contributed by atoms with Crippen molar-refractivity contribution in [1.29, 1.82) is 0 Å². The summed E-state index contributed by atoms with van der Waals surface area (Å²) in [4.78, 5) is 15.2. The van der Waals surface area contributed by atoms with Gasteiger partial charge in [-0.25, -0.2) is 9.78 Å². The molecule has 0 saturated heterocycles. The van der Waals surface area contributed by atoms with Crippen LogP contribution in [0.15, 0.2) is 17.3 Å². The lowest BCUT2D eigenvalue weighted by molar-refractivity contribution is 0.0696. The highest BCUT2D eigenvalue weighted by molar-refractivity contribution is 8.00. The second-order valence-electron chi connectivity index (χ2n) is 4.79. The topological polar surface area (TPSA) is 50.2 Å². The summed E-state index contributed by atoms with van der Waals surface area (Å²) in [6, 6.07) is 1.44. The molecule has 1 heterocycles. The summed E-state index contributed by atoms with van der Waals surface area (Å²) in [7, 11) is 0. The molecule has 5 heteroatoms. The molecule has 1 aromatic heterocycles. The second kappa shape index (κ2) is 5.93. The molecule has 0 bridgehead atoms. The zero-order valence-electron chi connectivity index (χ0n) is 10.2. The molecule has 1 saturated carbocycles. The number of halogens is 1. The Balaban J connectivity index is 2.14. The SMILES string of the molecule is CC1CCCC(Sc2nccc(C(=O)O)c2Cl)C1. The van der Waals surface area contributed by atoms with Crippen molar-refractivity contribution >= 4 is 29.3 Å². The van der Waals surface area contributed by atoms with E-state index in [1.165, 1.54) is 25.1 Å². The minimum Gasteiger partial charge on any atom is -0.478 e. The van der Waals surface area contributed by atoms with E-state index in [9.17, 15) is 4.79 Å². The first-order chi connectivity index (χ1) is 8.58. The largest absolute Gasteiger partial charge is 0.478 e. The Labute approximate surface area is 116 Å². The highest BCUT2D eigenvalue weighted by Gasteiger charge is 2.22. The smallest absolute Gasteiger partial charge is 0.337 e. The number of carboxylic acid groups (broad SMARTS) is 1. The summed E-state index contributed by atoms with van der Waals surface area (Å²) in [6.07, 6.45) is 6.34. The molecule has 0 radical (unpaired) electrons. The summed E-state index contributed by atoms with van der Waals surface area (Å²) < 4.78 is 0. The summed E-state index contributed by atoms with van der Waals surface area (Å²) in [5.74, 6) is -0.265. The van der Waals surface area contributed by atoms with Crippen LogP contribution in [0.1, 0.15) is 43.0 Å². The lowest BCUT2D eigenvalue weighted by atomic mass is 9.91. The number of nitrogens with zero attached hydrogens (tertiary/aromatic N) is 1. The number of hydrogen-bond donors (Lipinski definition) is 1. The quantitative estimate of drug-likeness (QED) is 0.908. The Morgan fingerprint density at radius 2 is 2.33 bits per heavy atom. The van der Waals surface area contributed by atoms with Gasteiger partial charge in [-0.2, -0.15) is 0 Å². The number of hydrogen-bond acceptors (Lipinski definition) is 3. The van der Waals surface area contributed by atoms with Gasteiger partial charge in [-0.15, -0.1) is 11.8 Å². The van der Waals surface area contributed by atoms with Crippen molar-refractivity contribution in [3.63, 3.8) is 0 Å². The van der Waals surface area contributed by atoms with Crippen LogP contribution >= 0.6 is 23.4 Å². The van der Waals surface area contributed by atoms with E-state index in [1.807, 2.05) is 0 Å². The summed E-state index contributed by atoms with van der Waals surface area (Å²) in [5.41, 5.74) is 0.137. The molecule has 3 nitrogen and oxygen atoms in total. The maximum atomic E-state index is 11.0. The molecule has 18 heavy (non-hydrogen) atoms. The molecular weight excluding hydrogens is 270 g/mol. The van der Waals surface area contributed by atoms with E-state index in [4.69, 9.17) is 16.7 Å². The Hall–Kier alpha value is -0.740. The van der Waals surface area contributed by atoms with E-state index >= 15 is 0 Å².